The van der Waals surface area contributed by atoms with Crippen LogP contribution < -0.4 is 10.6 Å². The number of amides is 3. The van der Waals surface area contributed by atoms with Crippen molar-refractivity contribution in [2.75, 3.05) is 18.9 Å². The molecule has 21 heavy (non-hydrogen) atoms. The third-order valence-electron chi connectivity index (χ3n) is 3.38. The van der Waals surface area contributed by atoms with E-state index >= 15 is 0 Å². The number of carbonyl (C=O) groups excluding carboxylic acids is 2. The Bertz CT molecular complexity index is 581. The van der Waals surface area contributed by atoms with Crippen LogP contribution in [0, 0.1) is 6.92 Å². The summed E-state index contributed by atoms with van der Waals surface area (Å²) in [7, 11) is 1.69. The maximum absolute atomic E-state index is 11.9. The summed E-state index contributed by atoms with van der Waals surface area (Å²) in [5.41, 5.74) is 0.807. The van der Waals surface area contributed by atoms with Gasteiger partial charge in [0.1, 0.15) is 5.69 Å². The highest BCUT2D eigenvalue weighted by molar-refractivity contribution is 5.99. The summed E-state index contributed by atoms with van der Waals surface area (Å²) in [4.78, 5) is 38.6. The molecule has 0 bridgehead atoms. The highest BCUT2D eigenvalue weighted by atomic mass is 16.4. The molecule has 1 aliphatic rings. The summed E-state index contributed by atoms with van der Waals surface area (Å²) in [6, 6.07) is 0.935. The van der Waals surface area contributed by atoms with Crippen molar-refractivity contribution in [2.24, 2.45) is 0 Å². The van der Waals surface area contributed by atoms with Crippen molar-refractivity contribution in [1.82, 2.24) is 15.2 Å². The van der Waals surface area contributed by atoms with Crippen LogP contribution >= 0.6 is 0 Å². The van der Waals surface area contributed by atoms with Gasteiger partial charge in [0.05, 0.1) is 5.69 Å². The molecule has 3 amide bonds. The number of urea groups is 1. The number of piperidine rings is 1. The van der Waals surface area contributed by atoms with Crippen LogP contribution in [0.1, 0.15) is 29.0 Å². The van der Waals surface area contributed by atoms with Gasteiger partial charge in [-0.25, -0.2) is 9.59 Å². The van der Waals surface area contributed by atoms with Crippen molar-refractivity contribution in [3.8, 4) is 0 Å². The number of nitrogens with one attached hydrogen (secondary N) is 3. The van der Waals surface area contributed by atoms with Gasteiger partial charge in [-0.05, 0) is 19.4 Å². The fourth-order valence-corrected chi connectivity index (χ4v) is 2.33. The van der Waals surface area contributed by atoms with Gasteiger partial charge in [-0.2, -0.15) is 0 Å². The van der Waals surface area contributed by atoms with E-state index in [2.05, 4.69) is 15.6 Å². The van der Waals surface area contributed by atoms with Gasteiger partial charge in [0, 0.05) is 31.7 Å². The molecule has 1 fully saturated rings. The number of likely N-dealkylation sites (N-methyl/N-ethyl adjacent to an activating group) is 1. The smallest absolute Gasteiger partial charge is 0.354 e. The van der Waals surface area contributed by atoms with Crippen LogP contribution in [0.3, 0.4) is 0 Å². The van der Waals surface area contributed by atoms with Crippen LogP contribution in [0.25, 0.3) is 0 Å². The van der Waals surface area contributed by atoms with Crippen molar-refractivity contribution in [1.29, 1.82) is 0 Å². The Morgan fingerprint density at radius 3 is 2.81 bits per heavy atom. The number of carbonyl (C=O) groups is 3. The predicted molar refractivity (Wildman–Crippen MR) is 75.3 cm³/mol. The van der Waals surface area contributed by atoms with E-state index in [1.54, 1.807) is 24.9 Å². The number of rotatable bonds is 3. The molecule has 1 saturated heterocycles. The lowest BCUT2D eigenvalue weighted by molar-refractivity contribution is -0.132. The molecule has 0 radical (unpaired) electrons. The van der Waals surface area contributed by atoms with E-state index in [0.717, 1.165) is 0 Å². The number of aromatic carboxylic acids is 1. The third-order valence-corrected chi connectivity index (χ3v) is 3.38. The molecule has 1 atom stereocenters. The van der Waals surface area contributed by atoms with Gasteiger partial charge >= 0.3 is 12.0 Å². The zero-order valence-corrected chi connectivity index (χ0v) is 11.9. The highest BCUT2D eigenvalue weighted by Gasteiger charge is 2.24. The largest absolute Gasteiger partial charge is 0.477 e. The lowest BCUT2D eigenvalue weighted by atomic mass is 10.1. The Labute approximate surface area is 121 Å². The number of nitrogens with zero attached hydrogens (tertiary/aromatic N) is 1. The predicted octanol–water partition coefficient (Wildman–Crippen LogP) is 0.764. The van der Waals surface area contributed by atoms with E-state index in [9.17, 15) is 14.4 Å². The summed E-state index contributed by atoms with van der Waals surface area (Å²) in [5.74, 6) is -1.08. The van der Waals surface area contributed by atoms with Crippen LogP contribution in [-0.4, -0.2) is 52.5 Å². The van der Waals surface area contributed by atoms with Crippen LogP contribution in [0.4, 0.5) is 10.5 Å². The van der Waals surface area contributed by atoms with E-state index in [0.29, 0.717) is 25.1 Å². The van der Waals surface area contributed by atoms with Crippen molar-refractivity contribution >= 4 is 23.6 Å². The molecule has 1 aromatic heterocycles. The van der Waals surface area contributed by atoms with Gasteiger partial charge in [-0.3, -0.25) is 4.79 Å². The summed E-state index contributed by atoms with van der Waals surface area (Å²) >= 11 is 0. The maximum Gasteiger partial charge on any atom is 0.354 e. The number of H-pyrrole nitrogens is 1. The normalized spacial score (nSPS) is 18.5. The Hall–Kier alpha value is -2.51. The Morgan fingerprint density at radius 1 is 1.48 bits per heavy atom. The molecule has 0 spiro atoms. The van der Waals surface area contributed by atoms with E-state index in [1.165, 1.54) is 0 Å². The maximum atomic E-state index is 11.9. The monoisotopic (exact) mass is 294 g/mol. The number of anilines is 1. The van der Waals surface area contributed by atoms with Crippen LogP contribution in [-0.2, 0) is 4.79 Å². The van der Waals surface area contributed by atoms with Gasteiger partial charge in [-0.15, -0.1) is 0 Å². The second kappa shape index (κ2) is 5.86. The van der Waals surface area contributed by atoms with E-state index in [1.807, 2.05) is 0 Å². The summed E-state index contributed by atoms with van der Waals surface area (Å²) in [6.45, 7) is 2.15. The highest BCUT2D eigenvalue weighted by Crippen LogP contribution is 2.17. The first-order valence-corrected chi connectivity index (χ1v) is 6.61. The average molecular weight is 294 g/mol. The molecule has 8 heteroatoms. The molecule has 1 unspecified atom stereocenters. The number of aryl methyl sites for hydroxylation is 1. The lowest BCUT2D eigenvalue weighted by Crippen LogP contribution is -2.49. The molecule has 114 valence electrons. The Morgan fingerprint density at radius 2 is 2.19 bits per heavy atom. The minimum Gasteiger partial charge on any atom is -0.477 e. The van der Waals surface area contributed by atoms with Gasteiger partial charge in [-0.1, -0.05) is 0 Å². The SMILES string of the molecule is Cc1cc(NC(=O)NC2CCC(=O)N(C)C2)c(C(=O)O)[nH]1. The Kier molecular flexibility index (Phi) is 4.15. The number of likely N-dealkylation sites (tertiary alicyclic amines) is 1. The Balaban J connectivity index is 1.96. The van der Waals surface area contributed by atoms with Crippen molar-refractivity contribution < 1.29 is 19.5 Å². The van der Waals surface area contributed by atoms with Crippen molar-refractivity contribution in [3.05, 3.63) is 17.5 Å². The minimum atomic E-state index is -1.14. The summed E-state index contributed by atoms with van der Waals surface area (Å²) < 4.78 is 0. The molecular formula is C13H18N4O4. The van der Waals surface area contributed by atoms with Gasteiger partial charge < -0.3 is 25.6 Å². The topological polar surface area (TPSA) is 115 Å². The number of aromatic amines is 1. The third kappa shape index (κ3) is 3.53. The second-order valence-electron chi connectivity index (χ2n) is 5.15. The first-order valence-electron chi connectivity index (χ1n) is 6.61. The standard InChI is InChI=1S/C13H18N4O4/c1-7-5-9(11(14-7)12(19)20)16-13(21)15-8-3-4-10(18)17(2)6-8/h5,8,14H,3-4,6H2,1-2H3,(H,19,20)(H2,15,16,21). The molecular weight excluding hydrogens is 276 g/mol. The van der Waals surface area contributed by atoms with E-state index in [-0.39, 0.29) is 23.3 Å². The molecule has 0 aliphatic carbocycles. The van der Waals surface area contributed by atoms with E-state index < -0.39 is 12.0 Å². The molecule has 4 N–H and O–H groups in total. The molecule has 2 rings (SSSR count). The van der Waals surface area contributed by atoms with Crippen molar-refractivity contribution in [3.63, 3.8) is 0 Å². The van der Waals surface area contributed by atoms with Gasteiger partial charge in [0.25, 0.3) is 0 Å². The van der Waals surface area contributed by atoms with E-state index in [4.69, 9.17) is 5.11 Å². The fourth-order valence-electron chi connectivity index (χ4n) is 2.33. The number of hydrogen-bond donors (Lipinski definition) is 4. The zero-order chi connectivity index (χ0) is 15.6. The quantitative estimate of drug-likeness (QED) is 0.659. The fraction of sp³-hybridized carbons (Fsp3) is 0.462. The van der Waals surface area contributed by atoms with Crippen LogP contribution in [0.15, 0.2) is 6.07 Å². The number of hydrogen-bond acceptors (Lipinski definition) is 3. The first kappa shape index (κ1) is 14.9. The first-order chi connectivity index (χ1) is 9.86. The summed E-state index contributed by atoms with van der Waals surface area (Å²) in [5, 5.41) is 14.3. The molecule has 8 nitrogen and oxygen atoms in total. The molecule has 1 aromatic rings. The molecule has 1 aliphatic heterocycles. The molecule has 0 aromatic carbocycles. The minimum absolute atomic E-state index is 0.0569. The number of aromatic nitrogens is 1. The number of carboxylic acid groups (broad SMARTS) is 1. The van der Waals surface area contributed by atoms with Crippen molar-refractivity contribution in [2.45, 2.75) is 25.8 Å². The number of carboxylic acids is 1. The molecule has 0 saturated carbocycles. The molecule has 2 heterocycles. The summed E-state index contributed by atoms with van der Waals surface area (Å²) in [6.07, 6.45) is 0.972. The zero-order valence-electron chi connectivity index (χ0n) is 11.9. The van der Waals surface area contributed by atoms with Gasteiger partial charge in [0.15, 0.2) is 0 Å². The lowest BCUT2D eigenvalue weighted by Gasteiger charge is -2.30. The van der Waals surface area contributed by atoms with Crippen LogP contribution in [0.2, 0.25) is 0 Å². The second-order valence-corrected chi connectivity index (χ2v) is 5.15. The van der Waals surface area contributed by atoms with Gasteiger partial charge in [0.2, 0.25) is 5.91 Å². The van der Waals surface area contributed by atoms with Crippen LogP contribution in [0.5, 0.6) is 0 Å². The average Bonchev–Trinajstić information content (AvgIpc) is 2.75.